The van der Waals surface area contributed by atoms with Gasteiger partial charge in [-0.25, -0.2) is 0 Å². The number of anilines is 1. The van der Waals surface area contributed by atoms with Gasteiger partial charge < -0.3 is 15.8 Å². The van der Waals surface area contributed by atoms with Crippen LogP contribution in [0.4, 0.5) is 5.69 Å². The maximum atomic E-state index is 11.5. The van der Waals surface area contributed by atoms with E-state index in [1.54, 1.807) is 18.2 Å². The van der Waals surface area contributed by atoms with E-state index < -0.39 is 0 Å². The first-order valence-electron chi connectivity index (χ1n) is 5.41. The van der Waals surface area contributed by atoms with E-state index >= 15 is 0 Å². The molecule has 0 atom stereocenters. The van der Waals surface area contributed by atoms with Crippen molar-refractivity contribution in [3.8, 4) is 0 Å². The zero-order valence-corrected chi connectivity index (χ0v) is 11.8. The number of halogens is 1. The summed E-state index contributed by atoms with van der Waals surface area (Å²) in [6.07, 6.45) is 0.00297. The van der Waals surface area contributed by atoms with Gasteiger partial charge in [-0.2, -0.15) is 0 Å². The molecule has 0 radical (unpaired) electrons. The van der Waals surface area contributed by atoms with Crippen molar-refractivity contribution in [3.63, 3.8) is 0 Å². The number of amides is 1. The molecule has 1 amide bonds. The van der Waals surface area contributed by atoms with Gasteiger partial charge in [0.25, 0.3) is 0 Å². The lowest BCUT2D eigenvalue weighted by Gasteiger charge is -2.10. The van der Waals surface area contributed by atoms with Crippen LogP contribution in [-0.2, 0) is 9.53 Å². The lowest BCUT2D eigenvalue weighted by Crippen LogP contribution is -2.21. The van der Waals surface area contributed by atoms with E-state index in [9.17, 15) is 4.79 Å². The van der Waals surface area contributed by atoms with Gasteiger partial charge in [0.15, 0.2) is 0 Å². The summed E-state index contributed by atoms with van der Waals surface area (Å²) >= 11 is 10.8. The predicted octanol–water partition coefficient (Wildman–Crippen LogP) is 2.34. The van der Waals surface area contributed by atoms with E-state index in [2.05, 4.69) is 5.32 Å². The third-order valence-electron chi connectivity index (χ3n) is 2.08. The fourth-order valence-electron chi connectivity index (χ4n) is 1.20. The molecule has 0 fully saturated rings. The van der Waals surface area contributed by atoms with Crippen LogP contribution >= 0.6 is 23.8 Å². The fraction of sp³-hybridized carbons (Fsp3) is 0.333. The Morgan fingerprint density at radius 3 is 2.72 bits per heavy atom. The van der Waals surface area contributed by atoms with Crippen molar-refractivity contribution >= 4 is 40.4 Å². The molecule has 0 aliphatic carbocycles. The number of carbonyl (C=O) groups is 1. The van der Waals surface area contributed by atoms with E-state index in [-0.39, 0.29) is 23.6 Å². The van der Waals surface area contributed by atoms with Gasteiger partial charge in [-0.05, 0) is 32.0 Å². The first kappa shape index (κ1) is 14.9. The van der Waals surface area contributed by atoms with Crippen molar-refractivity contribution in [1.29, 1.82) is 0 Å². The number of ether oxygens (including phenoxy) is 1. The Balaban J connectivity index is 2.68. The van der Waals surface area contributed by atoms with Crippen molar-refractivity contribution in [2.45, 2.75) is 20.0 Å². The molecule has 0 spiro atoms. The fourth-order valence-corrected chi connectivity index (χ4v) is 1.55. The van der Waals surface area contributed by atoms with Gasteiger partial charge in [0.05, 0.1) is 16.8 Å². The smallest absolute Gasteiger partial charge is 0.250 e. The van der Waals surface area contributed by atoms with Crippen LogP contribution in [0.25, 0.3) is 0 Å². The van der Waals surface area contributed by atoms with Gasteiger partial charge in [0.2, 0.25) is 5.91 Å². The highest BCUT2D eigenvalue weighted by Crippen LogP contribution is 2.23. The number of rotatable bonds is 5. The molecule has 1 aromatic rings. The molecule has 0 saturated heterocycles. The Labute approximate surface area is 116 Å². The Kier molecular flexibility index (Phi) is 5.53. The average Bonchev–Trinajstić information content (AvgIpc) is 2.29. The summed E-state index contributed by atoms with van der Waals surface area (Å²) < 4.78 is 5.18. The minimum absolute atomic E-state index is 0.00297. The molecular formula is C12H15ClN2O2S. The van der Waals surface area contributed by atoms with Crippen LogP contribution in [0.15, 0.2) is 18.2 Å². The van der Waals surface area contributed by atoms with Crippen LogP contribution in [0.1, 0.15) is 19.4 Å². The summed E-state index contributed by atoms with van der Waals surface area (Å²) in [5.74, 6) is -0.256. The topological polar surface area (TPSA) is 64.3 Å². The minimum Gasteiger partial charge on any atom is -0.389 e. The zero-order chi connectivity index (χ0) is 13.7. The van der Waals surface area contributed by atoms with Crippen molar-refractivity contribution in [2.24, 2.45) is 5.73 Å². The van der Waals surface area contributed by atoms with E-state index in [0.717, 1.165) is 0 Å². The average molecular weight is 287 g/mol. The molecule has 0 aromatic heterocycles. The molecule has 4 nitrogen and oxygen atoms in total. The lowest BCUT2D eigenvalue weighted by molar-refractivity contribution is -0.121. The normalized spacial score (nSPS) is 10.4. The third kappa shape index (κ3) is 4.60. The second-order valence-electron chi connectivity index (χ2n) is 3.97. The maximum Gasteiger partial charge on any atom is 0.250 e. The molecule has 18 heavy (non-hydrogen) atoms. The summed E-state index contributed by atoms with van der Waals surface area (Å²) in [5, 5.41) is 3.04. The van der Waals surface area contributed by atoms with Crippen LogP contribution in [0.5, 0.6) is 0 Å². The molecule has 6 heteroatoms. The SMILES string of the molecule is CC(C)OCC(=O)Nc1ccc(C(N)=S)cc1Cl. The first-order chi connectivity index (χ1) is 8.40. The summed E-state index contributed by atoms with van der Waals surface area (Å²) in [7, 11) is 0. The van der Waals surface area contributed by atoms with Gasteiger partial charge in [0, 0.05) is 5.56 Å². The second-order valence-corrected chi connectivity index (χ2v) is 4.81. The molecule has 3 N–H and O–H groups in total. The summed E-state index contributed by atoms with van der Waals surface area (Å²) in [6.45, 7) is 3.71. The number of thiocarbonyl (C=S) groups is 1. The minimum atomic E-state index is -0.256. The molecule has 0 aliphatic rings. The van der Waals surface area contributed by atoms with E-state index in [4.69, 9.17) is 34.3 Å². The van der Waals surface area contributed by atoms with Crippen molar-refractivity contribution in [1.82, 2.24) is 0 Å². The first-order valence-corrected chi connectivity index (χ1v) is 6.19. The Morgan fingerprint density at radius 1 is 1.56 bits per heavy atom. The Bertz CT molecular complexity index is 463. The highest BCUT2D eigenvalue weighted by atomic mass is 35.5. The van der Waals surface area contributed by atoms with Crippen LogP contribution < -0.4 is 11.1 Å². The maximum absolute atomic E-state index is 11.5. The molecule has 0 saturated carbocycles. The zero-order valence-electron chi connectivity index (χ0n) is 10.2. The standard InChI is InChI=1S/C12H15ClN2O2S/c1-7(2)17-6-11(16)15-10-4-3-8(12(14)18)5-9(10)13/h3-5,7H,6H2,1-2H3,(H2,14,18)(H,15,16). The van der Waals surface area contributed by atoms with E-state index in [0.29, 0.717) is 16.3 Å². The summed E-state index contributed by atoms with van der Waals surface area (Å²) in [5.41, 5.74) is 6.65. The van der Waals surface area contributed by atoms with Gasteiger partial charge in [-0.1, -0.05) is 23.8 Å². The molecule has 98 valence electrons. The monoisotopic (exact) mass is 286 g/mol. The highest BCUT2D eigenvalue weighted by molar-refractivity contribution is 7.80. The molecule has 1 rings (SSSR count). The lowest BCUT2D eigenvalue weighted by atomic mass is 10.2. The van der Waals surface area contributed by atoms with Gasteiger partial charge in [-0.3, -0.25) is 4.79 Å². The molecule has 0 bridgehead atoms. The van der Waals surface area contributed by atoms with Gasteiger partial charge >= 0.3 is 0 Å². The van der Waals surface area contributed by atoms with Crippen LogP contribution in [0.3, 0.4) is 0 Å². The van der Waals surface area contributed by atoms with Crippen LogP contribution in [0, 0.1) is 0 Å². The third-order valence-corrected chi connectivity index (χ3v) is 2.62. The molecule has 0 aliphatic heterocycles. The van der Waals surface area contributed by atoms with Crippen LogP contribution in [0.2, 0.25) is 5.02 Å². The molecule has 0 heterocycles. The summed E-state index contributed by atoms with van der Waals surface area (Å²) in [4.78, 5) is 11.8. The second kappa shape index (κ2) is 6.68. The Hall–Kier alpha value is -1.17. The van der Waals surface area contributed by atoms with E-state index in [1.807, 2.05) is 13.8 Å². The predicted molar refractivity (Wildman–Crippen MR) is 77.1 cm³/mol. The number of carbonyl (C=O) groups excluding carboxylic acids is 1. The largest absolute Gasteiger partial charge is 0.389 e. The van der Waals surface area contributed by atoms with Crippen LogP contribution in [-0.4, -0.2) is 23.6 Å². The molecule has 0 unspecified atom stereocenters. The molecular weight excluding hydrogens is 272 g/mol. The number of hydrogen-bond acceptors (Lipinski definition) is 3. The number of hydrogen-bond donors (Lipinski definition) is 2. The van der Waals surface area contributed by atoms with Gasteiger partial charge in [0.1, 0.15) is 11.6 Å². The molecule has 1 aromatic carbocycles. The number of nitrogens with one attached hydrogen (secondary N) is 1. The van der Waals surface area contributed by atoms with Crippen molar-refractivity contribution < 1.29 is 9.53 Å². The van der Waals surface area contributed by atoms with Crippen molar-refractivity contribution in [2.75, 3.05) is 11.9 Å². The Morgan fingerprint density at radius 2 is 2.22 bits per heavy atom. The van der Waals surface area contributed by atoms with Gasteiger partial charge in [-0.15, -0.1) is 0 Å². The summed E-state index contributed by atoms with van der Waals surface area (Å²) in [6, 6.07) is 4.97. The van der Waals surface area contributed by atoms with Crippen molar-refractivity contribution in [3.05, 3.63) is 28.8 Å². The quantitative estimate of drug-likeness (QED) is 0.816. The van der Waals surface area contributed by atoms with E-state index in [1.165, 1.54) is 0 Å². The number of benzene rings is 1. The number of nitrogens with two attached hydrogens (primary N) is 1. The highest BCUT2D eigenvalue weighted by Gasteiger charge is 2.08.